The van der Waals surface area contributed by atoms with E-state index in [1.54, 1.807) is 0 Å². The molecule has 0 spiro atoms. The standard InChI is InChI=1S/C14H17N3/c1-11-6-7-13(17-9-11)10-16-12(2)14-5-3-4-8-15-14/h3-9,12,16H,10H2,1-2H3/t12-/m0/s1. The van der Waals surface area contributed by atoms with E-state index < -0.39 is 0 Å². The number of pyridine rings is 2. The van der Waals surface area contributed by atoms with Gasteiger partial charge in [0.25, 0.3) is 0 Å². The molecule has 0 bridgehead atoms. The number of nitrogens with zero attached hydrogens (tertiary/aromatic N) is 2. The van der Waals surface area contributed by atoms with E-state index in [9.17, 15) is 0 Å². The Hall–Kier alpha value is -1.74. The van der Waals surface area contributed by atoms with Crippen LogP contribution < -0.4 is 5.32 Å². The Kier molecular flexibility index (Phi) is 3.83. The van der Waals surface area contributed by atoms with Gasteiger partial charge in [-0.1, -0.05) is 12.1 Å². The zero-order valence-corrected chi connectivity index (χ0v) is 10.2. The maximum Gasteiger partial charge on any atom is 0.0570 e. The minimum atomic E-state index is 0.235. The van der Waals surface area contributed by atoms with Crippen LogP contribution in [0.15, 0.2) is 42.7 Å². The highest BCUT2D eigenvalue weighted by Gasteiger charge is 2.05. The lowest BCUT2D eigenvalue weighted by Gasteiger charge is -2.12. The first-order valence-electron chi connectivity index (χ1n) is 5.81. The van der Waals surface area contributed by atoms with Gasteiger partial charge in [0.2, 0.25) is 0 Å². The second-order valence-corrected chi connectivity index (χ2v) is 4.18. The molecule has 0 amide bonds. The van der Waals surface area contributed by atoms with Crippen molar-refractivity contribution in [2.75, 3.05) is 0 Å². The number of nitrogens with one attached hydrogen (secondary N) is 1. The molecule has 1 N–H and O–H groups in total. The van der Waals surface area contributed by atoms with Gasteiger partial charge in [0.05, 0.1) is 11.4 Å². The molecule has 0 saturated heterocycles. The minimum Gasteiger partial charge on any atom is -0.303 e. The molecule has 0 aliphatic rings. The van der Waals surface area contributed by atoms with Crippen LogP contribution in [-0.2, 0) is 6.54 Å². The van der Waals surface area contributed by atoms with E-state index in [1.165, 1.54) is 5.56 Å². The number of aryl methyl sites for hydroxylation is 1. The molecule has 0 fully saturated rings. The molecule has 0 aliphatic heterocycles. The molecule has 2 aromatic rings. The van der Waals surface area contributed by atoms with Crippen LogP contribution >= 0.6 is 0 Å². The van der Waals surface area contributed by atoms with E-state index in [2.05, 4.69) is 28.3 Å². The fraction of sp³-hybridized carbons (Fsp3) is 0.286. The molecule has 3 nitrogen and oxygen atoms in total. The highest BCUT2D eigenvalue weighted by molar-refractivity contribution is 5.13. The molecule has 3 heteroatoms. The lowest BCUT2D eigenvalue weighted by atomic mass is 10.2. The quantitative estimate of drug-likeness (QED) is 0.872. The number of aromatic nitrogens is 2. The van der Waals surface area contributed by atoms with Crippen molar-refractivity contribution in [3.63, 3.8) is 0 Å². The van der Waals surface area contributed by atoms with Gasteiger partial charge in [-0.05, 0) is 37.6 Å². The summed E-state index contributed by atoms with van der Waals surface area (Å²) in [7, 11) is 0. The Balaban J connectivity index is 1.92. The third-order valence-electron chi connectivity index (χ3n) is 2.69. The third kappa shape index (κ3) is 3.36. The normalized spacial score (nSPS) is 12.4. The molecule has 2 heterocycles. The summed E-state index contributed by atoms with van der Waals surface area (Å²) in [5, 5.41) is 3.41. The van der Waals surface area contributed by atoms with Crippen LogP contribution in [0.4, 0.5) is 0 Å². The smallest absolute Gasteiger partial charge is 0.0570 e. The highest BCUT2D eigenvalue weighted by atomic mass is 14.9. The maximum absolute atomic E-state index is 4.36. The minimum absolute atomic E-state index is 0.235. The zero-order valence-electron chi connectivity index (χ0n) is 10.2. The molecular weight excluding hydrogens is 210 g/mol. The van der Waals surface area contributed by atoms with E-state index in [4.69, 9.17) is 0 Å². The summed E-state index contributed by atoms with van der Waals surface area (Å²) in [5.41, 5.74) is 3.30. The molecule has 1 atom stereocenters. The van der Waals surface area contributed by atoms with E-state index in [0.29, 0.717) is 0 Å². The highest BCUT2D eigenvalue weighted by Crippen LogP contribution is 2.08. The van der Waals surface area contributed by atoms with E-state index in [0.717, 1.165) is 17.9 Å². The van der Waals surface area contributed by atoms with E-state index in [-0.39, 0.29) is 6.04 Å². The van der Waals surface area contributed by atoms with Crippen LogP contribution in [0.2, 0.25) is 0 Å². The van der Waals surface area contributed by atoms with Crippen LogP contribution in [0.5, 0.6) is 0 Å². The fourth-order valence-corrected chi connectivity index (χ4v) is 1.60. The summed E-state index contributed by atoms with van der Waals surface area (Å²) < 4.78 is 0. The molecule has 0 unspecified atom stereocenters. The summed E-state index contributed by atoms with van der Waals surface area (Å²) in [4.78, 5) is 8.68. The van der Waals surface area contributed by atoms with Crippen LogP contribution in [0.3, 0.4) is 0 Å². The van der Waals surface area contributed by atoms with Crippen molar-refractivity contribution in [2.24, 2.45) is 0 Å². The summed E-state index contributed by atoms with van der Waals surface area (Å²) in [5.74, 6) is 0. The van der Waals surface area contributed by atoms with Gasteiger partial charge in [-0.3, -0.25) is 9.97 Å². The van der Waals surface area contributed by atoms with Gasteiger partial charge in [-0.2, -0.15) is 0 Å². The van der Waals surface area contributed by atoms with Gasteiger partial charge >= 0.3 is 0 Å². The SMILES string of the molecule is Cc1ccc(CN[C@@H](C)c2ccccn2)nc1. The average Bonchev–Trinajstić information content (AvgIpc) is 2.39. The summed E-state index contributed by atoms with van der Waals surface area (Å²) in [6.45, 7) is 4.91. The van der Waals surface area contributed by atoms with Gasteiger partial charge in [-0.25, -0.2) is 0 Å². The average molecular weight is 227 g/mol. The second kappa shape index (κ2) is 5.55. The van der Waals surface area contributed by atoms with Gasteiger partial charge in [-0.15, -0.1) is 0 Å². The van der Waals surface area contributed by atoms with Crippen LogP contribution in [0, 0.1) is 6.92 Å². The van der Waals surface area contributed by atoms with Crippen molar-refractivity contribution in [3.05, 3.63) is 59.7 Å². The molecular formula is C14H17N3. The first-order valence-corrected chi connectivity index (χ1v) is 5.81. The van der Waals surface area contributed by atoms with Crippen molar-refractivity contribution in [1.82, 2.24) is 15.3 Å². The molecule has 0 radical (unpaired) electrons. The Bertz CT molecular complexity index is 451. The predicted octanol–water partition coefficient (Wildman–Crippen LogP) is 2.64. The number of hydrogen-bond acceptors (Lipinski definition) is 3. The molecule has 2 aromatic heterocycles. The van der Waals surface area contributed by atoms with Gasteiger partial charge in [0.1, 0.15) is 0 Å². The first kappa shape index (κ1) is 11.7. The fourth-order valence-electron chi connectivity index (χ4n) is 1.60. The van der Waals surface area contributed by atoms with E-state index >= 15 is 0 Å². The monoisotopic (exact) mass is 227 g/mol. The maximum atomic E-state index is 4.36. The Labute approximate surface area is 102 Å². The van der Waals surface area contributed by atoms with Crippen LogP contribution in [-0.4, -0.2) is 9.97 Å². The lowest BCUT2D eigenvalue weighted by molar-refractivity contribution is 0.555. The predicted molar refractivity (Wildman–Crippen MR) is 68.5 cm³/mol. The molecule has 0 aliphatic carbocycles. The summed E-state index contributed by atoms with van der Waals surface area (Å²) in [6, 6.07) is 10.3. The van der Waals surface area contributed by atoms with Crippen molar-refractivity contribution in [2.45, 2.75) is 26.4 Å². The second-order valence-electron chi connectivity index (χ2n) is 4.18. The first-order chi connectivity index (χ1) is 8.25. The Morgan fingerprint density at radius 3 is 2.71 bits per heavy atom. The van der Waals surface area contributed by atoms with Gasteiger partial charge in [0.15, 0.2) is 0 Å². The van der Waals surface area contributed by atoms with Crippen molar-refractivity contribution in [1.29, 1.82) is 0 Å². The Morgan fingerprint density at radius 1 is 1.18 bits per heavy atom. The molecule has 2 rings (SSSR count). The third-order valence-corrected chi connectivity index (χ3v) is 2.69. The molecule has 0 saturated carbocycles. The van der Waals surface area contributed by atoms with E-state index in [1.807, 2.05) is 43.6 Å². The van der Waals surface area contributed by atoms with Crippen LogP contribution in [0.25, 0.3) is 0 Å². The van der Waals surface area contributed by atoms with Gasteiger partial charge in [0, 0.05) is 25.0 Å². The van der Waals surface area contributed by atoms with Crippen LogP contribution in [0.1, 0.15) is 29.9 Å². The number of hydrogen-bond donors (Lipinski definition) is 1. The summed E-state index contributed by atoms with van der Waals surface area (Å²) in [6.07, 6.45) is 3.71. The van der Waals surface area contributed by atoms with Gasteiger partial charge < -0.3 is 5.32 Å². The zero-order chi connectivity index (χ0) is 12.1. The Morgan fingerprint density at radius 2 is 2.06 bits per heavy atom. The molecule has 17 heavy (non-hydrogen) atoms. The largest absolute Gasteiger partial charge is 0.303 e. The topological polar surface area (TPSA) is 37.8 Å². The van der Waals surface area contributed by atoms with Crippen molar-refractivity contribution in [3.8, 4) is 0 Å². The molecule has 0 aromatic carbocycles. The summed E-state index contributed by atoms with van der Waals surface area (Å²) >= 11 is 0. The number of rotatable bonds is 4. The van der Waals surface area contributed by atoms with Crippen molar-refractivity contribution >= 4 is 0 Å². The van der Waals surface area contributed by atoms with Crippen molar-refractivity contribution < 1.29 is 0 Å². The lowest BCUT2D eigenvalue weighted by Crippen LogP contribution is -2.19. The molecule has 88 valence electrons.